The largest absolute Gasteiger partial charge is 0.481 e. The minimum atomic E-state index is -0.928. The smallest absolute Gasteiger partial charge is 0.306 e. The van der Waals surface area contributed by atoms with Gasteiger partial charge in [0.1, 0.15) is 0 Å². The highest BCUT2D eigenvalue weighted by Crippen LogP contribution is 2.03. The molecule has 0 saturated carbocycles. The number of rotatable bonds is 8. The Kier molecular flexibility index (Phi) is 7.54. The SMILES string of the molecule is COC(CNC(=O)CCC(C)C)CC(=O)O. The molecule has 1 unspecified atom stereocenters. The number of methoxy groups -OCH3 is 1. The van der Waals surface area contributed by atoms with E-state index >= 15 is 0 Å². The Morgan fingerprint density at radius 3 is 2.44 bits per heavy atom. The highest BCUT2D eigenvalue weighted by molar-refractivity contribution is 5.76. The molecule has 1 atom stereocenters. The zero-order chi connectivity index (χ0) is 12.6. The van der Waals surface area contributed by atoms with Crippen molar-refractivity contribution in [2.75, 3.05) is 13.7 Å². The Hall–Kier alpha value is -1.10. The molecule has 2 N–H and O–H groups in total. The number of carboxylic acid groups (broad SMARTS) is 1. The third-order valence-electron chi connectivity index (χ3n) is 2.21. The molecule has 1 amide bonds. The average molecular weight is 231 g/mol. The monoisotopic (exact) mass is 231 g/mol. The number of carbonyl (C=O) groups is 2. The van der Waals surface area contributed by atoms with Gasteiger partial charge in [-0.3, -0.25) is 9.59 Å². The summed E-state index contributed by atoms with van der Waals surface area (Å²) in [6.45, 7) is 4.35. The number of carbonyl (C=O) groups excluding carboxylic acids is 1. The molecule has 0 aliphatic heterocycles. The Balaban J connectivity index is 3.75. The van der Waals surface area contributed by atoms with E-state index in [1.54, 1.807) is 0 Å². The van der Waals surface area contributed by atoms with Crippen LogP contribution in [0.1, 0.15) is 33.1 Å². The lowest BCUT2D eigenvalue weighted by Crippen LogP contribution is -2.34. The van der Waals surface area contributed by atoms with E-state index in [4.69, 9.17) is 9.84 Å². The van der Waals surface area contributed by atoms with Crippen molar-refractivity contribution in [2.24, 2.45) is 5.92 Å². The molecule has 0 bridgehead atoms. The van der Waals surface area contributed by atoms with Crippen molar-refractivity contribution < 1.29 is 19.4 Å². The maximum atomic E-state index is 11.3. The fraction of sp³-hybridized carbons (Fsp3) is 0.818. The summed E-state index contributed by atoms with van der Waals surface area (Å²) in [4.78, 5) is 21.8. The van der Waals surface area contributed by atoms with Crippen molar-refractivity contribution in [3.8, 4) is 0 Å². The van der Waals surface area contributed by atoms with Crippen LogP contribution < -0.4 is 5.32 Å². The minimum Gasteiger partial charge on any atom is -0.481 e. The molecule has 0 saturated heterocycles. The van der Waals surface area contributed by atoms with Crippen LogP contribution in [0.3, 0.4) is 0 Å². The van der Waals surface area contributed by atoms with Gasteiger partial charge < -0.3 is 15.2 Å². The number of carboxylic acids is 1. The van der Waals surface area contributed by atoms with Crippen molar-refractivity contribution in [3.05, 3.63) is 0 Å². The van der Waals surface area contributed by atoms with Gasteiger partial charge in [-0.05, 0) is 12.3 Å². The average Bonchev–Trinajstić information content (AvgIpc) is 2.20. The van der Waals surface area contributed by atoms with E-state index in [0.717, 1.165) is 6.42 Å². The molecule has 0 fully saturated rings. The second-order valence-electron chi connectivity index (χ2n) is 4.19. The lowest BCUT2D eigenvalue weighted by molar-refractivity contribution is -0.140. The number of hydrogen-bond acceptors (Lipinski definition) is 3. The lowest BCUT2D eigenvalue weighted by atomic mass is 10.1. The Labute approximate surface area is 96.2 Å². The zero-order valence-electron chi connectivity index (χ0n) is 10.2. The van der Waals surface area contributed by atoms with E-state index < -0.39 is 12.1 Å². The Morgan fingerprint density at radius 1 is 1.38 bits per heavy atom. The molecule has 0 spiro atoms. The Morgan fingerprint density at radius 2 is 2.00 bits per heavy atom. The van der Waals surface area contributed by atoms with Gasteiger partial charge in [0.25, 0.3) is 0 Å². The fourth-order valence-corrected chi connectivity index (χ4v) is 1.17. The van der Waals surface area contributed by atoms with Crippen LogP contribution >= 0.6 is 0 Å². The molecule has 0 rings (SSSR count). The van der Waals surface area contributed by atoms with Gasteiger partial charge in [-0.2, -0.15) is 0 Å². The summed E-state index contributed by atoms with van der Waals surface area (Å²) in [6.07, 6.45) is 0.755. The summed E-state index contributed by atoms with van der Waals surface area (Å²) in [7, 11) is 1.44. The molecule has 0 aliphatic carbocycles. The molecular formula is C11H21NO4. The van der Waals surface area contributed by atoms with Gasteiger partial charge in [-0.25, -0.2) is 0 Å². The molecule has 16 heavy (non-hydrogen) atoms. The molecule has 5 nitrogen and oxygen atoms in total. The highest BCUT2D eigenvalue weighted by atomic mass is 16.5. The highest BCUT2D eigenvalue weighted by Gasteiger charge is 2.13. The van der Waals surface area contributed by atoms with Crippen molar-refractivity contribution in [2.45, 2.75) is 39.2 Å². The van der Waals surface area contributed by atoms with E-state index in [1.807, 2.05) is 0 Å². The van der Waals surface area contributed by atoms with Crippen LogP contribution in [-0.4, -0.2) is 36.7 Å². The molecular weight excluding hydrogens is 210 g/mol. The summed E-state index contributed by atoms with van der Waals surface area (Å²) < 4.78 is 4.94. The molecule has 5 heteroatoms. The molecule has 0 aliphatic rings. The van der Waals surface area contributed by atoms with Crippen LogP contribution in [-0.2, 0) is 14.3 Å². The topological polar surface area (TPSA) is 75.6 Å². The Bertz CT molecular complexity index is 228. The minimum absolute atomic E-state index is 0.0545. The molecule has 94 valence electrons. The van der Waals surface area contributed by atoms with E-state index in [9.17, 15) is 9.59 Å². The lowest BCUT2D eigenvalue weighted by Gasteiger charge is -2.14. The maximum absolute atomic E-state index is 11.3. The molecule has 0 aromatic carbocycles. The predicted octanol–water partition coefficient (Wildman–Crippen LogP) is 1.03. The summed E-state index contributed by atoms with van der Waals surface area (Å²) in [5.41, 5.74) is 0. The first kappa shape index (κ1) is 14.9. The van der Waals surface area contributed by atoms with Crippen LogP contribution in [0.15, 0.2) is 0 Å². The van der Waals surface area contributed by atoms with E-state index in [1.165, 1.54) is 7.11 Å². The molecule has 0 aromatic rings. The van der Waals surface area contributed by atoms with Gasteiger partial charge in [0.05, 0.1) is 12.5 Å². The van der Waals surface area contributed by atoms with Crippen LogP contribution in [0.2, 0.25) is 0 Å². The second kappa shape index (κ2) is 8.10. The first-order valence-electron chi connectivity index (χ1n) is 5.47. The van der Waals surface area contributed by atoms with Crippen molar-refractivity contribution in [1.29, 1.82) is 0 Å². The van der Waals surface area contributed by atoms with Crippen LogP contribution in [0.5, 0.6) is 0 Å². The van der Waals surface area contributed by atoms with Crippen LogP contribution in [0, 0.1) is 5.92 Å². The fourth-order valence-electron chi connectivity index (χ4n) is 1.17. The van der Waals surface area contributed by atoms with Crippen molar-refractivity contribution in [1.82, 2.24) is 5.32 Å². The van der Waals surface area contributed by atoms with E-state index in [0.29, 0.717) is 12.3 Å². The third kappa shape index (κ3) is 8.23. The van der Waals surface area contributed by atoms with Crippen LogP contribution in [0.25, 0.3) is 0 Å². The van der Waals surface area contributed by atoms with E-state index in [-0.39, 0.29) is 18.9 Å². The standard InChI is InChI=1S/C11H21NO4/c1-8(2)4-5-10(13)12-7-9(16-3)6-11(14)15/h8-9H,4-7H2,1-3H3,(H,12,13)(H,14,15). The summed E-state index contributed by atoms with van der Waals surface area (Å²) in [5, 5.41) is 11.2. The van der Waals surface area contributed by atoms with Gasteiger partial charge >= 0.3 is 5.97 Å². The number of hydrogen-bond donors (Lipinski definition) is 2. The first-order chi connectivity index (χ1) is 7.45. The van der Waals surface area contributed by atoms with Crippen molar-refractivity contribution >= 4 is 11.9 Å². The van der Waals surface area contributed by atoms with Gasteiger partial charge in [-0.15, -0.1) is 0 Å². The number of aliphatic carboxylic acids is 1. The van der Waals surface area contributed by atoms with Gasteiger partial charge in [0, 0.05) is 20.1 Å². The zero-order valence-corrected chi connectivity index (χ0v) is 10.2. The quantitative estimate of drug-likeness (QED) is 0.654. The third-order valence-corrected chi connectivity index (χ3v) is 2.21. The van der Waals surface area contributed by atoms with Crippen LogP contribution in [0.4, 0.5) is 0 Å². The predicted molar refractivity (Wildman–Crippen MR) is 60.1 cm³/mol. The van der Waals surface area contributed by atoms with Crippen molar-refractivity contribution in [3.63, 3.8) is 0 Å². The molecule has 0 radical (unpaired) electrons. The summed E-state index contributed by atoms with van der Waals surface area (Å²) in [6, 6.07) is 0. The second-order valence-corrected chi connectivity index (χ2v) is 4.19. The number of amides is 1. The van der Waals surface area contributed by atoms with Gasteiger partial charge in [0.2, 0.25) is 5.91 Å². The van der Waals surface area contributed by atoms with E-state index in [2.05, 4.69) is 19.2 Å². The summed E-state index contributed by atoms with van der Waals surface area (Å²) in [5.74, 6) is -0.493. The van der Waals surface area contributed by atoms with Gasteiger partial charge in [-0.1, -0.05) is 13.8 Å². The summed E-state index contributed by atoms with van der Waals surface area (Å²) >= 11 is 0. The normalized spacial score (nSPS) is 12.5. The number of ether oxygens (including phenoxy) is 1. The first-order valence-corrected chi connectivity index (χ1v) is 5.47. The molecule has 0 heterocycles. The number of nitrogens with one attached hydrogen (secondary N) is 1. The van der Waals surface area contributed by atoms with Gasteiger partial charge in [0.15, 0.2) is 0 Å². The maximum Gasteiger partial charge on any atom is 0.306 e. The molecule has 0 aromatic heterocycles.